The van der Waals surface area contributed by atoms with Gasteiger partial charge in [0.1, 0.15) is 11.5 Å². The van der Waals surface area contributed by atoms with E-state index < -0.39 is 13.2 Å². The van der Waals surface area contributed by atoms with Gasteiger partial charge in [-0.2, -0.15) is 0 Å². The summed E-state index contributed by atoms with van der Waals surface area (Å²) < 4.78 is 60.5. The molecule has 1 aliphatic heterocycles. The maximum absolute atomic E-state index is 14.2. The Labute approximate surface area is 280 Å². The molecule has 10 nitrogen and oxygen atoms in total. The lowest BCUT2D eigenvalue weighted by Gasteiger charge is -2.35. The molecule has 1 spiro atoms. The van der Waals surface area contributed by atoms with Gasteiger partial charge in [0, 0.05) is 27.7 Å². The highest BCUT2D eigenvalue weighted by Crippen LogP contribution is 2.66. The molecule has 0 atom stereocenters. The number of methoxy groups -OCH3 is 6. The summed E-state index contributed by atoms with van der Waals surface area (Å²) >= 11 is 0. The number of hydrogen-bond acceptors (Lipinski definition) is 9. The Morgan fingerprint density at radius 3 is 1.27 bits per heavy atom. The van der Waals surface area contributed by atoms with Crippen molar-refractivity contribution in [2.75, 3.05) is 42.7 Å². The molecule has 4 aromatic rings. The van der Waals surface area contributed by atoms with Crippen molar-refractivity contribution in [3.63, 3.8) is 0 Å². The van der Waals surface area contributed by atoms with Crippen LogP contribution in [0.2, 0.25) is 0 Å². The average Bonchev–Trinajstić information content (AvgIpc) is 3.67. The lowest BCUT2D eigenvalue weighted by molar-refractivity contribution is 0.281. The van der Waals surface area contributed by atoms with Crippen molar-refractivity contribution in [3.8, 4) is 68.2 Å². The van der Waals surface area contributed by atoms with E-state index in [9.17, 15) is 9.46 Å². The van der Waals surface area contributed by atoms with Crippen molar-refractivity contribution in [1.29, 1.82) is 0 Å². The molecule has 0 bridgehead atoms. The van der Waals surface area contributed by atoms with E-state index in [0.717, 1.165) is 59.1 Å². The third-order valence-electron chi connectivity index (χ3n) is 10.1. The normalized spacial score (nSPS) is 16.0. The summed E-state index contributed by atoms with van der Waals surface area (Å²) in [6.45, 7) is 4.16. The fraction of sp³-hybridized carbons (Fsp3) is 0.351. The number of ether oxygens (including phenoxy) is 6. The lowest BCUT2D eigenvalue weighted by atomic mass is 9.73. The second-order valence-electron chi connectivity index (χ2n) is 12.4. The van der Waals surface area contributed by atoms with E-state index in [1.165, 1.54) is 0 Å². The highest BCUT2D eigenvalue weighted by atomic mass is 31.2. The van der Waals surface area contributed by atoms with Crippen molar-refractivity contribution in [1.82, 2.24) is 0 Å². The molecule has 0 saturated carbocycles. The van der Waals surface area contributed by atoms with Gasteiger partial charge >= 0.3 is 7.82 Å². The van der Waals surface area contributed by atoms with Gasteiger partial charge in [-0.15, -0.1) is 0 Å². The minimum absolute atomic E-state index is 0.336. The van der Waals surface area contributed by atoms with E-state index in [-0.39, 0.29) is 0 Å². The van der Waals surface area contributed by atoms with Crippen LogP contribution in [-0.4, -0.2) is 47.6 Å². The summed E-state index contributed by atoms with van der Waals surface area (Å²) in [5.74, 6) is 3.40. The van der Waals surface area contributed by atoms with E-state index in [1.54, 1.807) is 42.7 Å². The average molecular weight is 675 g/mol. The van der Waals surface area contributed by atoms with E-state index in [1.807, 2.05) is 36.4 Å². The van der Waals surface area contributed by atoms with Crippen molar-refractivity contribution in [2.24, 2.45) is 0 Å². The van der Waals surface area contributed by atoms with Crippen LogP contribution in [0.25, 0.3) is 22.3 Å². The summed E-state index contributed by atoms with van der Waals surface area (Å²) in [5.41, 5.74) is 8.39. The van der Waals surface area contributed by atoms with Crippen molar-refractivity contribution >= 4 is 7.82 Å². The van der Waals surface area contributed by atoms with Crippen molar-refractivity contribution in [2.45, 2.75) is 44.9 Å². The number of benzene rings is 4. The fourth-order valence-electron chi connectivity index (χ4n) is 8.10. The van der Waals surface area contributed by atoms with E-state index in [2.05, 4.69) is 13.8 Å². The van der Waals surface area contributed by atoms with Crippen LogP contribution >= 0.6 is 7.82 Å². The molecule has 4 aromatic carbocycles. The lowest BCUT2D eigenvalue weighted by Crippen LogP contribution is -2.25. The van der Waals surface area contributed by atoms with Crippen molar-refractivity contribution in [3.05, 3.63) is 69.8 Å². The number of hydrogen-bond donors (Lipinski definition) is 1. The van der Waals surface area contributed by atoms with Crippen LogP contribution in [0.3, 0.4) is 0 Å². The molecule has 3 aliphatic rings. The first-order chi connectivity index (χ1) is 23.0. The molecule has 48 heavy (non-hydrogen) atoms. The van der Waals surface area contributed by atoms with Gasteiger partial charge in [0.15, 0.2) is 23.0 Å². The molecular formula is C37H39O10P. The smallest absolute Gasteiger partial charge is 0.493 e. The molecule has 11 heteroatoms. The van der Waals surface area contributed by atoms with Gasteiger partial charge in [0.2, 0.25) is 11.5 Å². The molecule has 252 valence electrons. The minimum atomic E-state index is -4.77. The summed E-state index contributed by atoms with van der Waals surface area (Å²) in [6.07, 6.45) is 3.18. The SMILES string of the molecule is COc1cc(-c2cc(C)c3c4c2OP(=O)(O)Oc2c(-c5cc(OC)c(OC)c(OC)c5)cc(C)c5c2C4(CC3)CC5)cc(OC)c1OC. The van der Waals surface area contributed by atoms with Gasteiger partial charge in [-0.3, -0.25) is 4.89 Å². The zero-order valence-corrected chi connectivity index (χ0v) is 29.3. The number of aryl methyl sites for hydroxylation is 2. The minimum Gasteiger partial charge on any atom is -0.493 e. The zero-order chi connectivity index (χ0) is 34.1. The quantitative estimate of drug-likeness (QED) is 0.186. The predicted molar refractivity (Wildman–Crippen MR) is 181 cm³/mol. The van der Waals surface area contributed by atoms with Crippen LogP contribution in [-0.2, 0) is 22.8 Å². The Balaban J connectivity index is 1.55. The first-order valence-corrected chi connectivity index (χ1v) is 17.2. The Hall–Kier alpha value is -4.53. The van der Waals surface area contributed by atoms with Crippen LogP contribution in [0.1, 0.15) is 46.2 Å². The van der Waals surface area contributed by atoms with Crippen LogP contribution in [0, 0.1) is 13.8 Å². The molecular weight excluding hydrogens is 635 g/mol. The van der Waals surface area contributed by atoms with Crippen molar-refractivity contribution < 1.29 is 46.9 Å². The van der Waals surface area contributed by atoms with E-state index in [4.69, 9.17) is 37.5 Å². The largest absolute Gasteiger partial charge is 0.584 e. The third kappa shape index (κ3) is 4.60. The second-order valence-corrected chi connectivity index (χ2v) is 13.7. The maximum Gasteiger partial charge on any atom is 0.584 e. The molecule has 0 unspecified atom stereocenters. The summed E-state index contributed by atoms with van der Waals surface area (Å²) in [4.78, 5) is 11.6. The number of phosphoric acid groups is 1. The van der Waals surface area contributed by atoms with Gasteiger partial charge in [-0.25, -0.2) is 4.57 Å². The molecule has 0 radical (unpaired) electrons. The Morgan fingerprint density at radius 1 is 0.604 bits per heavy atom. The van der Waals surface area contributed by atoms with Gasteiger partial charge in [0.05, 0.1) is 42.7 Å². The highest BCUT2D eigenvalue weighted by Gasteiger charge is 2.53. The highest BCUT2D eigenvalue weighted by molar-refractivity contribution is 7.48. The monoisotopic (exact) mass is 674 g/mol. The van der Waals surface area contributed by atoms with Crippen LogP contribution in [0.5, 0.6) is 46.0 Å². The van der Waals surface area contributed by atoms with E-state index in [0.29, 0.717) is 68.2 Å². The predicted octanol–water partition coefficient (Wildman–Crippen LogP) is 7.74. The van der Waals surface area contributed by atoms with Crippen LogP contribution in [0.4, 0.5) is 0 Å². The Kier molecular flexibility index (Phi) is 7.72. The standard InChI is InChI=1S/C37H39O10P/c1-19-13-25(21-15-27(40-3)35(44-7)28(16-21)41-4)33-31-23(19)9-11-37(31)12-10-24-20(2)14-26(34(32(24)37)47-48(38,39)46-33)22-17-29(42-5)36(45-8)30(18-22)43-6/h13-18H,9-12H2,1-8H3,(H,38,39). The molecule has 1 N–H and O–H groups in total. The first-order valence-electron chi connectivity index (χ1n) is 15.7. The molecule has 1 heterocycles. The second kappa shape index (κ2) is 11.6. The zero-order valence-electron chi connectivity index (χ0n) is 28.4. The van der Waals surface area contributed by atoms with E-state index >= 15 is 0 Å². The van der Waals surface area contributed by atoms with Gasteiger partial charge < -0.3 is 37.5 Å². The molecule has 0 amide bonds. The first kappa shape index (κ1) is 32.0. The summed E-state index contributed by atoms with van der Waals surface area (Å²) in [5, 5.41) is 0. The maximum atomic E-state index is 14.2. The Morgan fingerprint density at radius 2 is 0.958 bits per heavy atom. The molecule has 0 fully saturated rings. The van der Waals surface area contributed by atoms with Gasteiger partial charge in [-0.1, -0.05) is 0 Å². The third-order valence-corrected chi connectivity index (χ3v) is 11.0. The Bertz CT molecular complexity index is 1840. The van der Waals surface area contributed by atoms with Crippen LogP contribution in [0.15, 0.2) is 36.4 Å². The van der Waals surface area contributed by atoms with Gasteiger partial charge in [-0.05, 0) is 109 Å². The molecule has 0 aromatic heterocycles. The number of rotatable bonds is 8. The fourth-order valence-corrected chi connectivity index (χ4v) is 8.98. The molecule has 2 aliphatic carbocycles. The summed E-state index contributed by atoms with van der Waals surface area (Å²) in [7, 11) is 4.55. The van der Waals surface area contributed by atoms with Crippen LogP contribution < -0.4 is 37.5 Å². The number of phosphoric ester groups is 1. The topological polar surface area (TPSA) is 111 Å². The molecule has 7 rings (SSSR count). The van der Waals surface area contributed by atoms with Gasteiger partial charge in [0.25, 0.3) is 0 Å². The molecule has 0 saturated heterocycles. The summed E-state index contributed by atoms with van der Waals surface area (Å²) in [6, 6.07) is 11.3.